The third kappa shape index (κ3) is 3.00. The Morgan fingerprint density at radius 3 is 2.70 bits per heavy atom. The zero-order valence-electron chi connectivity index (χ0n) is 10.4. The molecule has 8 nitrogen and oxygen atoms in total. The van der Waals surface area contributed by atoms with Gasteiger partial charge in [-0.15, -0.1) is 0 Å². The predicted octanol–water partition coefficient (Wildman–Crippen LogP) is 1.53. The molecule has 1 heterocycles. The average Bonchev–Trinajstić information content (AvgIpc) is 2.86. The molecule has 0 fully saturated rings. The molecule has 1 N–H and O–H groups in total. The van der Waals surface area contributed by atoms with Crippen LogP contribution >= 0.6 is 0 Å². The Morgan fingerprint density at radius 2 is 2.10 bits per heavy atom. The van der Waals surface area contributed by atoms with E-state index in [1.165, 1.54) is 6.07 Å². The molecule has 9 heteroatoms. The van der Waals surface area contributed by atoms with E-state index in [-0.39, 0.29) is 16.5 Å². The van der Waals surface area contributed by atoms with Gasteiger partial charge < -0.3 is 10.1 Å². The van der Waals surface area contributed by atoms with Crippen LogP contribution in [0.2, 0.25) is 0 Å². The quantitative estimate of drug-likeness (QED) is 0.508. The fraction of sp³-hybridized carbons (Fsp3) is 0.182. The molecular formula is C11H11N3O5S. The van der Waals surface area contributed by atoms with Crippen LogP contribution in [0, 0.1) is 17.0 Å². The number of imidazole rings is 1. The van der Waals surface area contributed by atoms with Crippen molar-refractivity contribution in [3.8, 4) is 0 Å². The first-order chi connectivity index (χ1) is 9.40. The predicted molar refractivity (Wildman–Crippen MR) is 68.4 cm³/mol. The Hall–Kier alpha value is -2.26. The number of nitrogens with one attached hydrogen (secondary N) is 1. The van der Waals surface area contributed by atoms with Gasteiger partial charge >= 0.3 is 5.82 Å². The molecule has 0 aliphatic carbocycles. The zero-order valence-corrected chi connectivity index (χ0v) is 11.3. The van der Waals surface area contributed by atoms with Crippen molar-refractivity contribution in [2.45, 2.75) is 18.4 Å². The van der Waals surface area contributed by atoms with Gasteiger partial charge in [0.25, 0.3) is 10.1 Å². The van der Waals surface area contributed by atoms with Crippen LogP contribution in [0.15, 0.2) is 35.4 Å². The SMILES string of the molecule is Cc1ccccc1S(=O)(=O)OCc1ncc([N+](=O)[O-])[nH]1. The molecule has 0 radical (unpaired) electrons. The van der Waals surface area contributed by atoms with Crippen LogP contribution in [-0.4, -0.2) is 23.3 Å². The highest BCUT2D eigenvalue weighted by Gasteiger charge is 2.19. The van der Waals surface area contributed by atoms with Crippen molar-refractivity contribution in [2.75, 3.05) is 0 Å². The second kappa shape index (κ2) is 5.39. The maximum atomic E-state index is 12.0. The molecular weight excluding hydrogens is 286 g/mol. The van der Waals surface area contributed by atoms with E-state index in [9.17, 15) is 18.5 Å². The molecule has 0 spiro atoms. The summed E-state index contributed by atoms with van der Waals surface area (Å²) in [6.07, 6.45) is 0.999. The van der Waals surface area contributed by atoms with Crippen molar-refractivity contribution in [1.82, 2.24) is 9.97 Å². The number of aryl methyl sites for hydroxylation is 1. The van der Waals surface area contributed by atoms with E-state index in [1.807, 2.05) is 0 Å². The number of benzene rings is 1. The van der Waals surface area contributed by atoms with Crippen LogP contribution in [0.25, 0.3) is 0 Å². The zero-order chi connectivity index (χ0) is 14.8. The third-order valence-electron chi connectivity index (χ3n) is 2.53. The Labute approximate surface area is 114 Å². The highest BCUT2D eigenvalue weighted by molar-refractivity contribution is 7.86. The molecule has 2 rings (SSSR count). The van der Waals surface area contributed by atoms with Crippen molar-refractivity contribution in [1.29, 1.82) is 0 Å². The van der Waals surface area contributed by atoms with Gasteiger partial charge in [0.15, 0.2) is 0 Å². The van der Waals surface area contributed by atoms with E-state index in [1.54, 1.807) is 25.1 Å². The van der Waals surface area contributed by atoms with Crippen molar-refractivity contribution in [3.05, 3.63) is 52.0 Å². The van der Waals surface area contributed by atoms with E-state index >= 15 is 0 Å². The number of hydrogen-bond donors (Lipinski definition) is 1. The molecule has 0 aliphatic heterocycles. The van der Waals surface area contributed by atoms with Crippen molar-refractivity contribution < 1.29 is 17.5 Å². The van der Waals surface area contributed by atoms with Crippen molar-refractivity contribution in [3.63, 3.8) is 0 Å². The molecule has 0 atom stereocenters. The van der Waals surface area contributed by atoms with E-state index in [0.29, 0.717) is 5.56 Å². The Morgan fingerprint density at radius 1 is 1.40 bits per heavy atom. The minimum atomic E-state index is -3.93. The highest BCUT2D eigenvalue weighted by atomic mass is 32.2. The van der Waals surface area contributed by atoms with Crippen molar-refractivity contribution >= 4 is 15.9 Å². The van der Waals surface area contributed by atoms with Crippen LogP contribution in [-0.2, 0) is 20.9 Å². The third-order valence-corrected chi connectivity index (χ3v) is 3.95. The largest absolute Gasteiger partial charge is 0.358 e. The Kier molecular flexibility index (Phi) is 3.81. The molecule has 1 aromatic carbocycles. The van der Waals surface area contributed by atoms with E-state index in [2.05, 4.69) is 9.97 Å². The highest BCUT2D eigenvalue weighted by Crippen LogP contribution is 2.18. The van der Waals surface area contributed by atoms with Gasteiger partial charge in [-0.3, -0.25) is 4.18 Å². The molecule has 0 bridgehead atoms. The van der Waals surface area contributed by atoms with Crippen LogP contribution in [0.1, 0.15) is 11.4 Å². The molecule has 20 heavy (non-hydrogen) atoms. The van der Waals surface area contributed by atoms with E-state index in [4.69, 9.17) is 4.18 Å². The topological polar surface area (TPSA) is 115 Å². The first kappa shape index (κ1) is 14.2. The lowest BCUT2D eigenvalue weighted by molar-refractivity contribution is -0.389. The molecule has 2 aromatic rings. The minimum Gasteiger partial charge on any atom is -0.358 e. The van der Waals surface area contributed by atoms with Crippen LogP contribution < -0.4 is 0 Å². The summed E-state index contributed by atoms with van der Waals surface area (Å²) in [6, 6.07) is 6.37. The molecule has 0 amide bonds. The summed E-state index contributed by atoms with van der Waals surface area (Å²) >= 11 is 0. The van der Waals surface area contributed by atoms with Gasteiger partial charge in [-0.05, 0) is 23.5 Å². The normalized spacial score (nSPS) is 11.4. The summed E-state index contributed by atoms with van der Waals surface area (Å²) in [7, 11) is -3.93. The van der Waals surface area contributed by atoms with Gasteiger partial charge in [-0.1, -0.05) is 18.2 Å². The average molecular weight is 297 g/mol. The van der Waals surface area contributed by atoms with Crippen LogP contribution in [0.5, 0.6) is 0 Å². The summed E-state index contributed by atoms with van der Waals surface area (Å²) in [5.74, 6) is -0.259. The van der Waals surface area contributed by atoms with E-state index in [0.717, 1.165) is 6.20 Å². The summed E-state index contributed by atoms with van der Waals surface area (Å²) in [4.78, 5) is 15.9. The van der Waals surface area contributed by atoms with Gasteiger partial charge in [-0.25, -0.2) is 9.97 Å². The van der Waals surface area contributed by atoms with Gasteiger partial charge in [0.2, 0.25) is 5.82 Å². The number of hydrogen-bond acceptors (Lipinski definition) is 6. The first-order valence-corrected chi connectivity index (χ1v) is 6.94. The fourth-order valence-electron chi connectivity index (χ4n) is 1.55. The summed E-state index contributed by atoms with van der Waals surface area (Å²) in [5, 5.41) is 10.5. The summed E-state index contributed by atoms with van der Waals surface area (Å²) in [6.45, 7) is 1.25. The molecule has 0 aliphatic rings. The van der Waals surface area contributed by atoms with Gasteiger partial charge in [0.05, 0.1) is 4.90 Å². The van der Waals surface area contributed by atoms with E-state index < -0.39 is 21.6 Å². The number of aromatic amines is 1. The molecule has 106 valence electrons. The smallest absolute Gasteiger partial charge is 0.340 e. The number of H-pyrrole nitrogens is 1. The summed E-state index contributed by atoms with van der Waals surface area (Å²) in [5.41, 5.74) is 0.554. The second-order valence-corrected chi connectivity index (χ2v) is 5.54. The Bertz CT molecular complexity index is 738. The van der Waals surface area contributed by atoms with Gasteiger partial charge in [0.1, 0.15) is 12.8 Å². The number of rotatable bonds is 5. The van der Waals surface area contributed by atoms with Gasteiger partial charge in [-0.2, -0.15) is 8.42 Å². The second-order valence-electron chi connectivity index (χ2n) is 3.95. The first-order valence-electron chi connectivity index (χ1n) is 5.53. The molecule has 0 unspecified atom stereocenters. The fourth-order valence-corrected chi connectivity index (χ4v) is 2.65. The molecule has 0 saturated heterocycles. The minimum absolute atomic E-state index is 0.0565. The van der Waals surface area contributed by atoms with Gasteiger partial charge in [0, 0.05) is 0 Å². The number of aromatic nitrogens is 2. The standard InChI is InChI=1S/C11H11N3O5S/c1-8-4-2-3-5-9(8)20(17,18)19-7-10-12-6-11(13-10)14(15)16/h2-6H,7H2,1H3,(H,12,13). The lowest BCUT2D eigenvalue weighted by Gasteiger charge is -2.05. The summed E-state index contributed by atoms with van der Waals surface area (Å²) < 4.78 is 28.8. The maximum absolute atomic E-state index is 12.0. The maximum Gasteiger partial charge on any atom is 0.340 e. The molecule has 1 aromatic heterocycles. The lowest BCUT2D eigenvalue weighted by Crippen LogP contribution is -2.08. The number of nitrogens with zero attached hydrogens (tertiary/aromatic N) is 2. The molecule has 0 saturated carbocycles. The van der Waals surface area contributed by atoms with Crippen LogP contribution in [0.3, 0.4) is 0 Å². The monoisotopic (exact) mass is 297 g/mol. The lowest BCUT2D eigenvalue weighted by atomic mass is 10.2. The van der Waals surface area contributed by atoms with Crippen LogP contribution in [0.4, 0.5) is 5.82 Å². The van der Waals surface area contributed by atoms with Crippen molar-refractivity contribution in [2.24, 2.45) is 0 Å². The number of nitro groups is 1. The Balaban J connectivity index is 2.13.